The molecular formula is C39H44N7OOs. The fraction of sp³-hybridized carbons (Fsp3) is 0.256. The van der Waals surface area contributed by atoms with Gasteiger partial charge in [0.15, 0.2) is 11.6 Å². The summed E-state index contributed by atoms with van der Waals surface area (Å²) in [5.41, 5.74) is 12.4. The van der Waals surface area contributed by atoms with Crippen molar-refractivity contribution < 1.29 is 24.5 Å². The Kier molecular flexibility index (Phi) is 13.7. The van der Waals surface area contributed by atoms with Crippen molar-refractivity contribution >= 4 is 0 Å². The van der Waals surface area contributed by atoms with Gasteiger partial charge in [-0.15, -0.1) is 35.4 Å². The van der Waals surface area contributed by atoms with Gasteiger partial charge in [-0.05, 0) is 120 Å². The first-order chi connectivity index (χ1) is 22.5. The predicted molar refractivity (Wildman–Crippen MR) is 190 cm³/mol. The van der Waals surface area contributed by atoms with Crippen molar-refractivity contribution in [3.63, 3.8) is 0 Å². The molecule has 0 fully saturated rings. The number of aryl methyl sites for hydroxylation is 5. The Bertz CT molecular complexity index is 1880. The van der Waals surface area contributed by atoms with Crippen molar-refractivity contribution in [2.45, 2.75) is 62.3 Å². The summed E-state index contributed by atoms with van der Waals surface area (Å²) >= 11 is 0. The fourth-order valence-electron chi connectivity index (χ4n) is 4.69. The molecule has 0 N–H and O–H groups in total. The van der Waals surface area contributed by atoms with Gasteiger partial charge in [-0.3, -0.25) is 0 Å². The Hall–Kier alpha value is -4.73. The maximum absolute atomic E-state index is 5.48. The second-order valence-electron chi connectivity index (χ2n) is 11.6. The molecule has 5 heterocycles. The molecule has 9 heteroatoms. The summed E-state index contributed by atoms with van der Waals surface area (Å²) in [5.74, 6) is 2.58. The van der Waals surface area contributed by atoms with Gasteiger partial charge >= 0.3 is 19.8 Å². The number of nitrogens with zero attached hydrogens (tertiary/aromatic N) is 7. The SMILES string of the molecule is C=CCOc1ccnc(-c2[c-]ccc(C)c2)c1.Cc1ccnc(-n2nc(C)c(C)c2C)c1.Cc1ccnc(-n2nc(C)c(C)c2C)c1.[Os+]. The van der Waals surface area contributed by atoms with Crippen LogP contribution in [0.2, 0.25) is 0 Å². The van der Waals surface area contributed by atoms with E-state index in [-0.39, 0.29) is 19.8 Å². The Morgan fingerprint density at radius 2 is 1.17 bits per heavy atom. The van der Waals surface area contributed by atoms with Gasteiger partial charge in [-0.1, -0.05) is 19.6 Å². The van der Waals surface area contributed by atoms with Crippen molar-refractivity contribution in [3.05, 3.63) is 143 Å². The molecule has 1 aromatic carbocycles. The monoisotopic (exact) mass is 818 g/mol. The van der Waals surface area contributed by atoms with Crippen LogP contribution in [-0.2, 0) is 19.8 Å². The van der Waals surface area contributed by atoms with Gasteiger partial charge in [0.2, 0.25) is 0 Å². The molecule has 0 amide bonds. The predicted octanol–water partition coefficient (Wildman–Crippen LogP) is 8.42. The topological polar surface area (TPSA) is 83.5 Å². The molecule has 0 aliphatic rings. The van der Waals surface area contributed by atoms with Gasteiger partial charge in [0, 0.05) is 30.0 Å². The zero-order chi connectivity index (χ0) is 34.1. The van der Waals surface area contributed by atoms with Crippen LogP contribution in [0.1, 0.15) is 50.6 Å². The average molecular weight is 817 g/mol. The molecule has 48 heavy (non-hydrogen) atoms. The maximum Gasteiger partial charge on any atom is 1.00 e. The Labute approximate surface area is 298 Å². The first kappa shape index (κ1) is 37.7. The summed E-state index contributed by atoms with van der Waals surface area (Å²) in [4.78, 5) is 13.0. The number of hydrogen-bond donors (Lipinski definition) is 0. The Balaban J connectivity index is 0.000000194. The summed E-state index contributed by atoms with van der Waals surface area (Å²) in [5, 5.41) is 8.95. The molecule has 0 unspecified atom stereocenters. The zero-order valence-corrected chi connectivity index (χ0v) is 31.9. The normalized spacial score (nSPS) is 10.2. The van der Waals surface area contributed by atoms with Crippen molar-refractivity contribution in [1.82, 2.24) is 34.5 Å². The van der Waals surface area contributed by atoms with Crippen LogP contribution in [0.4, 0.5) is 0 Å². The van der Waals surface area contributed by atoms with E-state index in [0.29, 0.717) is 6.61 Å². The van der Waals surface area contributed by atoms with Crippen LogP contribution >= 0.6 is 0 Å². The van der Waals surface area contributed by atoms with E-state index < -0.39 is 0 Å². The number of aromatic nitrogens is 7. The third-order valence-corrected chi connectivity index (χ3v) is 7.87. The second-order valence-corrected chi connectivity index (χ2v) is 11.6. The zero-order valence-electron chi connectivity index (χ0n) is 29.3. The molecule has 0 spiro atoms. The summed E-state index contributed by atoms with van der Waals surface area (Å²) in [7, 11) is 0. The minimum absolute atomic E-state index is 0. The minimum atomic E-state index is 0. The summed E-state index contributed by atoms with van der Waals surface area (Å²) in [6.45, 7) is 22.6. The van der Waals surface area contributed by atoms with Gasteiger partial charge in [0.1, 0.15) is 12.4 Å². The number of hydrogen-bond acceptors (Lipinski definition) is 6. The van der Waals surface area contributed by atoms with Crippen molar-refractivity contribution in [1.29, 1.82) is 0 Å². The van der Waals surface area contributed by atoms with E-state index in [1.54, 1.807) is 12.3 Å². The molecule has 0 aliphatic heterocycles. The first-order valence-electron chi connectivity index (χ1n) is 15.6. The van der Waals surface area contributed by atoms with Crippen molar-refractivity contribution in [2.75, 3.05) is 6.61 Å². The van der Waals surface area contributed by atoms with E-state index in [1.165, 1.54) is 27.8 Å². The molecular weight excluding hydrogens is 773 g/mol. The van der Waals surface area contributed by atoms with E-state index in [4.69, 9.17) is 4.74 Å². The quantitative estimate of drug-likeness (QED) is 0.124. The van der Waals surface area contributed by atoms with E-state index in [2.05, 4.69) is 92.3 Å². The van der Waals surface area contributed by atoms with E-state index in [1.807, 2.05) is 84.1 Å². The van der Waals surface area contributed by atoms with Crippen molar-refractivity contribution in [3.8, 4) is 28.6 Å². The van der Waals surface area contributed by atoms with E-state index in [9.17, 15) is 0 Å². The third-order valence-electron chi connectivity index (χ3n) is 7.87. The third kappa shape index (κ3) is 9.65. The second kappa shape index (κ2) is 17.4. The molecule has 1 radical (unpaired) electrons. The molecule has 6 aromatic rings. The van der Waals surface area contributed by atoms with Crippen LogP contribution in [-0.4, -0.2) is 41.1 Å². The number of ether oxygens (including phenoxy) is 1. The van der Waals surface area contributed by atoms with Gasteiger partial charge in [-0.2, -0.15) is 10.2 Å². The van der Waals surface area contributed by atoms with Crippen LogP contribution in [0.5, 0.6) is 5.75 Å². The number of pyridine rings is 3. The van der Waals surface area contributed by atoms with Crippen LogP contribution in [0, 0.1) is 68.4 Å². The molecule has 0 saturated heterocycles. The summed E-state index contributed by atoms with van der Waals surface area (Å²) in [6.07, 6.45) is 7.09. The largest absolute Gasteiger partial charge is 1.00 e. The Morgan fingerprint density at radius 1 is 0.667 bits per heavy atom. The van der Waals surface area contributed by atoms with Crippen LogP contribution < -0.4 is 4.74 Å². The Morgan fingerprint density at radius 3 is 1.60 bits per heavy atom. The number of benzene rings is 1. The van der Waals surface area contributed by atoms with E-state index in [0.717, 1.165) is 51.4 Å². The van der Waals surface area contributed by atoms with Gasteiger partial charge in [0.05, 0.1) is 11.4 Å². The van der Waals surface area contributed by atoms with Crippen LogP contribution in [0.3, 0.4) is 0 Å². The maximum atomic E-state index is 5.48. The van der Waals surface area contributed by atoms with Crippen molar-refractivity contribution in [2.24, 2.45) is 0 Å². The molecule has 0 bridgehead atoms. The smallest absolute Gasteiger partial charge is 0.490 e. The van der Waals surface area contributed by atoms with E-state index >= 15 is 0 Å². The summed E-state index contributed by atoms with van der Waals surface area (Å²) in [6, 6.07) is 21.0. The molecule has 0 atom stereocenters. The van der Waals surface area contributed by atoms with Gasteiger partial charge in [0.25, 0.3) is 0 Å². The molecule has 5 aromatic heterocycles. The fourth-order valence-corrected chi connectivity index (χ4v) is 4.69. The standard InChI is InChI=1S/C15H14NO.2C12H15N3.Os/c1-3-9-17-14-7-8-16-15(11-14)13-6-4-5-12(2)10-13;2*1-8-5-6-13-12(7-8)15-11(4)9(2)10(3)14-15;/h3-5,7-8,10-11H,1,9H2,2H3;2*5-7H,1-4H3;/q-1;;;+1. The molecule has 0 aliphatic carbocycles. The molecule has 249 valence electrons. The van der Waals surface area contributed by atoms with Gasteiger partial charge in [-0.25, -0.2) is 19.3 Å². The first-order valence-corrected chi connectivity index (χ1v) is 15.6. The number of rotatable bonds is 6. The van der Waals surface area contributed by atoms with Gasteiger partial charge < -0.3 is 9.72 Å². The minimum Gasteiger partial charge on any atom is -0.490 e. The molecule has 0 saturated carbocycles. The molecule has 8 nitrogen and oxygen atoms in total. The molecule has 6 rings (SSSR count). The summed E-state index contributed by atoms with van der Waals surface area (Å²) < 4.78 is 9.28. The van der Waals surface area contributed by atoms with Crippen LogP contribution in [0.15, 0.2) is 85.8 Å². The van der Waals surface area contributed by atoms with Crippen LogP contribution in [0.25, 0.3) is 22.9 Å². The average Bonchev–Trinajstić information content (AvgIpc) is 3.48.